The quantitative estimate of drug-likeness (QED) is 0.0193. The number of alkyl halides is 3. The third kappa shape index (κ3) is 20.1. The largest absolute Gasteiger partial charge is 0.491 e. The van der Waals surface area contributed by atoms with E-state index in [0.717, 1.165) is 39.0 Å². The van der Waals surface area contributed by atoms with Gasteiger partial charge in [0.1, 0.15) is 18.2 Å². The number of benzene rings is 3. The first-order chi connectivity index (χ1) is 30.8. The van der Waals surface area contributed by atoms with Crippen molar-refractivity contribution in [3.63, 3.8) is 0 Å². The molecular weight excluding hydrogens is 848 g/mol. The van der Waals surface area contributed by atoms with Gasteiger partial charge in [-0.05, 0) is 64.7 Å². The van der Waals surface area contributed by atoms with Gasteiger partial charge in [0, 0.05) is 42.5 Å². The number of nitrogens with one attached hydrogen (secondary N) is 3. The summed E-state index contributed by atoms with van der Waals surface area (Å²) in [6.45, 7) is 6.15. The van der Waals surface area contributed by atoms with E-state index in [9.17, 15) is 32.7 Å². The summed E-state index contributed by atoms with van der Waals surface area (Å²) in [5.74, 6) is -4.09. The lowest BCUT2D eigenvalue weighted by Gasteiger charge is -2.16. The van der Waals surface area contributed by atoms with E-state index >= 15 is 0 Å². The number of azide groups is 1. The molecule has 4 rings (SSSR count). The van der Waals surface area contributed by atoms with Gasteiger partial charge in [0.25, 0.3) is 0 Å². The molecule has 1 atom stereocenters. The van der Waals surface area contributed by atoms with Crippen molar-refractivity contribution in [3.8, 4) is 16.9 Å². The fourth-order valence-electron chi connectivity index (χ4n) is 5.66. The van der Waals surface area contributed by atoms with Gasteiger partial charge in [0.05, 0.1) is 65.3 Å². The number of hydrogen-bond acceptors (Lipinski definition) is 12. The van der Waals surface area contributed by atoms with Gasteiger partial charge < -0.3 is 49.8 Å². The molecule has 64 heavy (non-hydrogen) atoms. The molecule has 3 aromatic carbocycles. The van der Waals surface area contributed by atoms with Crippen LogP contribution < -0.4 is 20.7 Å². The number of carbonyl (C=O) groups is 4. The molecule has 18 nitrogen and oxygen atoms in total. The van der Waals surface area contributed by atoms with Crippen molar-refractivity contribution >= 4 is 40.3 Å². The fourth-order valence-corrected chi connectivity index (χ4v) is 5.66. The number of fused-ring (bicyclic) bond motifs is 1. The van der Waals surface area contributed by atoms with Crippen molar-refractivity contribution in [2.45, 2.75) is 31.9 Å². The van der Waals surface area contributed by atoms with Gasteiger partial charge in [-0.15, -0.1) is 0 Å². The van der Waals surface area contributed by atoms with Crippen molar-refractivity contribution in [2.75, 3.05) is 91.0 Å². The molecule has 0 unspecified atom stereocenters. The van der Waals surface area contributed by atoms with Gasteiger partial charge in [-0.2, -0.15) is 13.2 Å². The average Bonchev–Trinajstić information content (AvgIpc) is 3.27. The Kier molecular flexibility index (Phi) is 23.5. The molecule has 2 amide bonds. The van der Waals surface area contributed by atoms with E-state index in [0.29, 0.717) is 84.5 Å². The highest BCUT2D eigenvalue weighted by Crippen LogP contribution is 2.35. The van der Waals surface area contributed by atoms with Crippen LogP contribution in [-0.2, 0) is 38.1 Å². The monoisotopic (exact) mass is 899 g/mol. The number of carboxylic acids is 2. The van der Waals surface area contributed by atoms with E-state index in [-0.39, 0.29) is 25.4 Å². The summed E-state index contributed by atoms with van der Waals surface area (Å²) in [6, 6.07) is 22.8. The molecule has 1 heterocycles. The van der Waals surface area contributed by atoms with Gasteiger partial charge in [-0.25, -0.2) is 9.78 Å². The lowest BCUT2D eigenvalue weighted by atomic mass is 9.93. The average molecular weight is 900 g/mol. The van der Waals surface area contributed by atoms with Crippen LogP contribution >= 0.6 is 0 Å². The zero-order valence-electron chi connectivity index (χ0n) is 35.2. The Hall–Kier alpha value is -6.51. The number of hydrogen-bond donors (Lipinski definition) is 5. The Bertz CT molecular complexity index is 2120. The minimum atomic E-state index is -5.08. The lowest BCUT2D eigenvalue weighted by Crippen LogP contribution is -2.39. The smallest absolute Gasteiger partial charge is 0.490 e. The van der Waals surface area contributed by atoms with Gasteiger partial charge in [0.2, 0.25) is 11.8 Å². The van der Waals surface area contributed by atoms with Gasteiger partial charge in [0.15, 0.2) is 0 Å². The molecule has 0 aliphatic rings. The van der Waals surface area contributed by atoms with Crippen LogP contribution in [0.25, 0.3) is 32.3 Å². The summed E-state index contributed by atoms with van der Waals surface area (Å²) >= 11 is 0. The fraction of sp³-hybridized carbons (Fsp3) is 0.419. The van der Waals surface area contributed by atoms with Crippen LogP contribution in [0.3, 0.4) is 0 Å². The number of aliphatic carboxylic acids is 2. The van der Waals surface area contributed by atoms with Crippen molar-refractivity contribution in [2.24, 2.45) is 5.11 Å². The Labute approximate surface area is 367 Å². The normalized spacial score (nSPS) is 11.4. The number of aromatic nitrogens is 1. The van der Waals surface area contributed by atoms with E-state index in [1.165, 1.54) is 0 Å². The molecule has 21 heteroatoms. The summed E-state index contributed by atoms with van der Waals surface area (Å²) in [5.41, 5.74) is 11.7. The summed E-state index contributed by atoms with van der Waals surface area (Å²) in [4.78, 5) is 52.7. The van der Waals surface area contributed by atoms with Crippen LogP contribution in [0, 0.1) is 6.92 Å². The molecule has 0 radical (unpaired) electrons. The molecule has 0 saturated carbocycles. The number of carboxylic acid groups (broad SMARTS) is 2. The molecule has 1 aromatic heterocycles. The van der Waals surface area contributed by atoms with E-state index in [1.54, 1.807) is 18.3 Å². The zero-order chi connectivity index (χ0) is 46.6. The first-order valence-corrected chi connectivity index (χ1v) is 20.1. The molecule has 0 saturated heterocycles. The molecular formula is C43H52F3N7O11. The van der Waals surface area contributed by atoms with Gasteiger partial charge in [-0.1, -0.05) is 59.7 Å². The highest BCUT2D eigenvalue weighted by molar-refractivity contribution is 6.00. The number of anilines is 1. The zero-order valence-corrected chi connectivity index (χ0v) is 35.2. The van der Waals surface area contributed by atoms with Crippen molar-refractivity contribution in [3.05, 3.63) is 101 Å². The van der Waals surface area contributed by atoms with Crippen LogP contribution in [0.1, 0.15) is 29.9 Å². The molecule has 5 N–H and O–H groups in total. The van der Waals surface area contributed by atoms with Gasteiger partial charge >= 0.3 is 18.1 Å². The SMILES string of the molecule is Cc1ccnc(NCCCC(=O)NCC(=O)NC[C@@H](C(=O)O)c2ccc(-c3ccc(OCCOCCOCCOCCOCCN=[N+]=[N-])c4ccccc34)cc2)c1.O=C(O)C(F)(F)F. The van der Waals surface area contributed by atoms with E-state index in [1.807, 2.05) is 67.6 Å². The standard InChI is InChI=1S/C41H51N7O9.C2HF3O2/c1-30-14-16-44-38(27-30)43-15-4-7-39(49)46-29-40(50)45-28-36(41(51)52)32-10-8-31(9-11-32)33-12-13-37(35-6-3-2-5-34(33)35)57-26-25-56-24-23-55-22-21-54-20-19-53-18-17-47-48-42;3-2(4,5)1(6)7/h2-3,5-6,8-14,16,27,36H,4,7,15,17-26,28-29H2,1H3,(H,43,44)(H,45,50)(H,46,49)(H,51,52);(H,6,7)/t36-;/m1./s1. The summed E-state index contributed by atoms with van der Waals surface area (Å²) < 4.78 is 59.6. The maximum absolute atomic E-state index is 12.5. The summed E-state index contributed by atoms with van der Waals surface area (Å²) in [7, 11) is 0. The predicted octanol–water partition coefficient (Wildman–Crippen LogP) is 5.89. The van der Waals surface area contributed by atoms with Crippen molar-refractivity contribution < 1.29 is 66.2 Å². The van der Waals surface area contributed by atoms with Crippen molar-refractivity contribution in [1.29, 1.82) is 0 Å². The number of carbonyl (C=O) groups excluding carboxylic acids is 2. The second-order valence-corrected chi connectivity index (χ2v) is 13.6. The van der Waals surface area contributed by atoms with E-state index in [2.05, 4.69) is 31.0 Å². The Balaban J connectivity index is 0.00000143. The number of rotatable bonds is 28. The van der Waals surface area contributed by atoms with Gasteiger partial charge in [-0.3, -0.25) is 14.4 Å². The topological polar surface area (TPSA) is 253 Å². The number of ether oxygens (including phenoxy) is 5. The molecule has 346 valence electrons. The second-order valence-electron chi connectivity index (χ2n) is 13.6. The van der Waals surface area contributed by atoms with Crippen LogP contribution in [-0.4, -0.2) is 131 Å². The third-order valence-electron chi connectivity index (χ3n) is 8.80. The molecule has 0 spiro atoms. The molecule has 0 bridgehead atoms. The first kappa shape index (κ1) is 51.8. The number of halogens is 3. The Morgan fingerprint density at radius 3 is 2.00 bits per heavy atom. The third-order valence-corrected chi connectivity index (χ3v) is 8.80. The number of aryl methyl sites for hydroxylation is 1. The predicted molar refractivity (Wildman–Crippen MR) is 229 cm³/mol. The number of pyridine rings is 1. The minimum Gasteiger partial charge on any atom is -0.491 e. The van der Waals surface area contributed by atoms with Crippen molar-refractivity contribution in [1.82, 2.24) is 15.6 Å². The maximum Gasteiger partial charge on any atom is 0.490 e. The van der Waals surface area contributed by atoms with E-state index in [4.69, 9.17) is 39.1 Å². The summed E-state index contributed by atoms with van der Waals surface area (Å²) in [5, 5.41) is 30.8. The molecule has 0 aliphatic carbocycles. The number of amides is 2. The highest BCUT2D eigenvalue weighted by atomic mass is 19.4. The summed E-state index contributed by atoms with van der Waals surface area (Å²) in [6.07, 6.45) is -2.58. The highest BCUT2D eigenvalue weighted by Gasteiger charge is 2.38. The van der Waals surface area contributed by atoms with Crippen LogP contribution in [0.15, 0.2) is 84.1 Å². The van der Waals surface area contributed by atoms with Crippen LogP contribution in [0.4, 0.5) is 19.0 Å². The number of nitrogens with zero attached hydrogens (tertiary/aromatic N) is 4. The first-order valence-electron chi connectivity index (χ1n) is 20.1. The molecule has 0 aliphatic heterocycles. The van der Waals surface area contributed by atoms with E-state index < -0.39 is 29.9 Å². The Morgan fingerprint density at radius 1 is 0.797 bits per heavy atom. The van der Waals surface area contributed by atoms with Crippen LogP contribution in [0.2, 0.25) is 0 Å². The second kappa shape index (κ2) is 29.0. The minimum absolute atomic E-state index is 0.127. The Morgan fingerprint density at radius 2 is 1.41 bits per heavy atom. The lowest BCUT2D eigenvalue weighted by molar-refractivity contribution is -0.192. The maximum atomic E-state index is 12.5. The molecule has 4 aromatic rings. The van der Waals surface area contributed by atoms with Crippen LogP contribution in [0.5, 0.6) is 5.75 Å². The molecule has 0 fully saturated rings.